The maximum atomic E-state index is 12.0. The number of rotatable bonds is 4. The number of aryl methyl sites for hydroxylation is 2. The first kappa shape index (κ1) is 17.7. The lowest BCUT2D eigenvalue weighted by Gasteiger charge is -2.21. The second-order valence-electron chi connectivity index (χ2n) is 6.68. The Bertz CT molecular complexity index is 1020. The Balaban J connectivity index is 1.98. The van der Waals surface area contributed by atoms with E-state index in [9.17, 15) is 9.59 Å². The van der Waals surface area contributed by atoms with E-state index in [2.05, 4.69) is 42.3 Å². The van der Waals surface area contributed by atoms with Crippen LogP contribution in [0, 0.1) is 13.8 Å². The van der Waals surface area contributed by atoms with Crippen molar-refractivity contribution in [3.8, 4) is 0 Å². The third-order valence-electron chi connectivity index (χ3n) is 4.21. The van der Waals surface area contributed by atoms with Crippen molar-refractivity contribution in [3.63, 3.8) is 0 Å². The maximum absolute atomic E-state index is 12.0. The number of benzene rings is 2. The van der Waals surface area contributed by atoms with Crippen molar-refractivity contribution in [2.45, 2.75) is 27.3 Å². The van der Waals surface area contributed by atoms with E-state index in [0.717, 1.165) is 16.6 Å². The quantitative estimate of drug-likeness (QED) is 0.722. The van der Waals surface area contributed by atoms with Crippen LogP contribution in [0.1, 0.15) is 23.6 Å². The highest BCUT2D eigenvalue weighted by atomic mass is 16.4. The van der Waals surface area contributed by atoms with Crippen LogP contribution in [0.15, 0.2) is 51.7 Å². The molecule has 0 spiro atoms. The van der Waals surface area contributed by atoms with Gasteiger partial charge in [-0.1, -0.05) is 6.07 Å². The van der Waals surface area contributed by atoms with E-state index < -0.39 is 5.63 Å². The molecule has 2 aromatic carbocycles. The van der Waals surface area contributed by atoms with Gasteiger partial charge < -0.3 is 14.6 Å². The Morgan fingerprint density at radius 1 is 1.08 bits per heavy atom. The molecule has 1 N–H and O–H groups in total. The summed E-state index contributed by atoms with van der Waals surface area (Å²) in [5.74, 6) is -0.169. The van der Waals surface area contributed by atoms with Gasteiger partial charge in [-0.3, -0.25) is 4.79 Å². The number of carbonyl (C=O) groups excluding carboxylic acids is 1. The monoisotopic (exact) mass is 350 g/mol. The van der Waals surface area contributed by atoms with Crippen molar-refractivity contribution in [1.29, 1.82) is 0 Å². The Hall–Kier alpha value is -3.08. The molecule has 0 bridgehead atoms. The van der Waals surface area contributed by atoms with Crippen LogP contribution in [-0.2, 0) is 11.3 Å². The van der Waals surface area contributed by atoms with Gasteiger partial charge in [-0.15, -0.1) is 0 Å². The van der Waals surface area contributed by atoms with Gasteiger partial charge in [-0.2, -0.15) is 0 Å². The van der Waals surface area contributed by atoms with Crippen LogP contribution in [0.5, 0.6) is 0 Å². The van der Waals surface area contributed by atoms with E-state index in [1.54, 1.807) is 6.07 Å². The molecule has 5 heteroatoms. The number of carbonyl (C=O) groups is 1. The van der Waals surface area contributed by atoms with Gasteiger partial charge in [0.1, 0.15) is 5.58 Å². The molecule has 134 valence electrons. The van der Waals surface area contributed by atoms with E-state index in [1.807, 2.05) is 19.2 Å². The first-order chi connectivity index (χ1) is 12.3. The molecule has 0 aliphatic heterocycles. The van der Waals surface area contributed by atoms with Crippen LogP contribution in [0.4, 0.5) is 11.4 Å². The van der Waals surface area contributed by atoms with Gasteiger partial charge in [0.05, 0.1) is 0 Å². The van der Waals surface area contributed by atoms with Gasteiger partial charge in [0.15, 0.2) is 0 Å². The summed E-state index contributed by atoms with van der Waals surface area (Å²) in [5.41, 5.74) is 5.04. The number of amides is 1. The topological polar surface area (TPSA) is 62.6 Å². The van der Waals surface area contributed by atoms with Crippen LogP contribution in [-0.4, -0.2) is 13.0 Å². The van der Waals surface area contributed by atoms with Gasteiger partial charge in [0, 0.05) is 49.4 Å². The molecule has 0 aliphatic carbocycles. The fourth-order valence-electron chi connectivity index (χ4n) is 3.16. The summed E-state index contributed by atoms with van der Waals surface area (Å²) in [4.78, 5) is 25.3. The third-order valence-corrected chi connectivity index (χ3v) is 4.21. The summed E-state index contributed by atoms with van der Waals surface area (Å²) < 4.78 is 5.32. The van der Waals surface area contributed by atoms with Gasteiger partial charge >= 0.3 is 5.63 Å². The summed E-state index contributed by atoms with van der Waals surface area (Å²) in [6.07, 6.45) is 0. The lowest BCUT2D eigenvalue weighted by atomic mass is 10.1. The smallest absolute Gasteiger partial charge is 0.336 e. The first-order valence-corrected chi connectivity index (χ1v) is 8.45. The summed E-state index contributed by atoms with van der Waals surface area (Å²) in [5, 5.41) is 3.56. The molecular formula is C21H22N2O3. The molecule has 1 amide bonds. The molecule has 26 heavy (non-hydrogen) atoms. The minimum atomic E-state index is -0.402. The predicted octanol–water partition coefficient (Wildman–Crippen LogP) is 4.00. The van der Waals surface area contributed by atoms with Crippen molar-refractivity contribution >= 4 is 28.3 Å². The van der Waals surface area contributed by atoms with E-state index in [4.69, 9.17) is 4.42 Å². The van der Waals surface area contributed by atoms with Gasteiger partial charge in [0.25, 0.3) is 0 Å². The zero-order valence-corrected chi connectivity index (χ0v) is 15.4. The summed E-state index contributed by atoms with van der Waals surface area (Å²) in [7, 11) is 2.00. The summed E-state index contributed by atoms with van der Waals surface area (Å²) in [6, 6.07) is 13.3. The number of fused-ring (bicyclic) bond motifs is 1. The van der Waals surface area contributed by atoms with Crippen molar-refractivity contribution in [3.05, 3.63) is 69.6 Å². The van der Waals surface area contributed by atoms with Crippen LogP contribution in [0.25, 0.3) is 11.0 Å². The van der Waals surface area contributed by atoms with Crippen molar-refractivity contribution in [1.82, 2.24) is 0 Å². The molecule has 0 fully saturated rings. The van der Waals surface area contributed by atoms with E-state index in [0.29, 0.717) is 17.8 Å². The normalized spacial score (nSPS) is 10.8. The number of nitrogens with zero attached hydrogens (tertiary/aromatic N) is 1. The van der Waals surface area contributed by atoms with Crippen LogP contribution in [0.3, 0.4) is 0 Å². The molecule has 0 atom stereocenters. The minimum absolute atomic E-state index is 0.169. The molecule has 0 aliphatic rings. The molecule has 0 saturated carbocycles. The summed E-state index contributed by atoms with van der Waals surface area (Å²) >= 11 is 0. The molecule has 3 aromatic rings. The van der Waals surface area contributed by atoms with Crippen molar-refractivity contribution in [2.75, 3.05) is 17.3 Å². The highest BCUT2D eigenvalue weighted by Gasteiger charge is 2.11. The van der Waals surface area contributed by atoms with Crippen LogP contribution >= 0.6 is 0 Å². The van der Waals surface area contributed by atoms with Crippen molar-refractivity contribution in [2.24, 2.45) is 0 Å². The largest absolute Gasteiger partial charge is 0.423 e. The molecule has 3 rings (SSSR count). The van der Waals surface area contributed by atoms with Crippen LogP contribution < -0.4 is 15.8 Å². The first-order valence-electron chi connectivity index (χ1n) is 8.45. The van der Waals surface area contributed by atoms with E-state index in [1.165, 1.54) is 24.1 Å². The fraction of sp³-hybridized carbons (Fsp3) is 0.238. The number of hydrogen-bond acceptors (Lipinski definition) is 4. The highest BCUT2D eigenvalue weighted by Crippen LogP contribution is 2.25. The average Bonchev–Trinajstić information content (AvgIpc) is 2.52. The molecule has 0 unspecified atom stereocenters. The number of anilines is 2. The summed E-state index contributed by atoms with van der Waals surface area (Å²) in [6.45, 7) is 6.15. The van der Waals surface area contributed by atoms with E-state index >= 15 is 0 Å². The zero-order valence-electron chi connectivity index (χ0n) is 15.4. The minimum Gasteiger partial charge on any atom is -0.423 e. The van der Waals surface area contributed by atoms with Gasteiger partial charge in [-0.25, -0.2) is 4.79 Å². The molecule has 1 aromatic heterocycles. The fourth-order valence-corrected chi connectivity index (χ4v) is 3.16. The Kier molecular flexibility index (Phi) is 4.80. The standard InChI is InChI=1S/C21H22N2O3/c1-13-7-14(2)9-18(8-13)23(4)12-16-10-21(25)26-20-11-17(22-15(3)24)5-6-19(16)20/h5-11H,12H2,1-4H3,(H,22,24). The maximum Gasteiger partial charge on any atom is 0.336 e. The van der Waals surface area contributed by atoms with E-state index in [-0.39, 0.29) is 5.91 Å². The number of nitrogens with one attached hydrogen (secondary N) is 1. The molecule has 0 saturated heterocycles. The second kappa shape index (κ2) is 7.04. The van der Waals surface area contributed by atoms with Crippen molar-refractivity contribution < 1.29 is 9.21 Å². The Morgan fingerprint density at radius 2 is 1.77 bits per heavy atom. The molecular weight excluding hydrogens is 328 g/mol. The SMILES string of the molecule is CC(=O)Nc1ccc2c(CN(C)c3cc(C)cc(C)c3)cc(=O)oc2c1. The van der Waals surface area contributed by atoms with Gasteiger partial charge in [0.2, 0.25) is 5.91 Å². The lowest BCUT2D eigenvalue weighted by Crippen LogP contribution is -2.18. The second-order valence-corrected chi connectivity index (χ2v) is 6.68. The highest BCUT2D eigenvalue weighted by molar-refractivity contribution is 5.92. The number of hydrogen-bond donors (Lipinski definition) is 1. The Labute approximate surface area is 152 Å². The van der Waals surface area contributed by atoms with Crippen LogP contribution in [0.2, 0.25) is 0 Å². The zero-order chi connectivity index (χ0) is 18.8. The lowest BCUT2D eigenvalue weighted by molar-refractivity contribution is -0.114. The predicted molar refractivity (Wildman–Crippen MR) is 105 cm³/mol. The molecule has 5 nitrogen and oxygen atoms in total. The Morgan fingerprint density at radius 3 is 2.42 bits per heavy atom. The third kappa shape index (κ3) is 3.94. The molecule has 0 radical (unpaired) electrons. The molecule has 1 heterocycles. The van der Waals surface area contributed by atoms with Gasteiger partial charge in [-0.05, 0) is 54.8 Å². The average molecular weight is 350 g/mol.